The number of hydrogen-bond acceptors (Lipinski definition) is 4. The fraction of sp³-hybridized carbons (Fsp3) is 0.185. The average Bonchev–Trinajstić information content (AvgIpc) is 3.65. The van der Waals surface area contributed by atoms with Crippen molar-refractivity contribution in [2.75, 3.05) is 12.4 Å². The summed E-state index contributed by atoms with van der Waals surface area (Å²) in [5, 5.41) is 5.13. The molecule has 2 amide bonds. The van der Waals surface area contributed by atoms with Gasteiger partial charge < -0.3 is 10.2 Å². The summed E-state index contributed by atoms with van der Waals surface area (Å²) in [5.74, 6) is 0.131. The van der Waals surface area contributed by atoms with Gasteiger partial charge in [-0.1, -0.05) is 24.3 Å². The highest BCUT2D eigenvalue weighted by Crippen LogP contribution is 2.48. The zero-order valence-corrected chi connectivity index (χ0v) is 18.3. The lowest BCUT2D eigenvalue weighted by Gasteiger charge is -2.17. The van der Waals surface area contributed by atoms with Crippen LogP contribution in [0.4, 0.5) is 5.69 Å². The monoisotopic (exact) mass is 436 g/mol. The first-order valence-electron chi connectivity index (χ1n) is 11.0. The van der Waals surface area contributed by atoms with Crippen molar-refractivity contribution in [3.8, 4) is 0 Å². The summed E-state index contributed by atoms with van der Waals surface area (Å²) in [6, 6.07) is 19.2. The highest BCUT2D eigenvalue weighted by Gasteiger charge is 2.43. The van der Waals surface area contributed by atoms with Crippen molar-refractivity contribution >= 4 is 28.3 Å². The number of pyridine rings is 2. The van der Waals surface area contributed by atoms with Gasteiger partial charge >= 0.3 is 0 Å². The van der Waals surface area contributed by atoms with Gasteiger partial charge in [-0.25, -0.2) is 0 Å². The molecule has 2 aromatic heterocycles. The minimum Gasteiger partial charge on any atom is -0.337 e. The van der Waals surface area contributed by atoms with Crippen LogP contribution < -0.4 is 5.32 Å². The first-order chi connectivity index (χ1) is 16.1. The van der Waals surface area contributed by atoms with Crippen LogP contribution in [0, 0.1) is 5.92 Å². The quantitative estimate of drug-likeness (QED) is 0.478. The molecule has 0 spiro atoms. The lowest BCUT2D eigenvalue weighted by atomic mass is 10.1. The molecule has 2 atom stereocenters. The van der Waals surface area contributed by atoms with Gasteiger partial charge in [-0.15, -0.1) is 0 Å². The molecule has 2 heterocycles. The molecule has 2 aromatic carbocycles. The Morgan fingerprint density at radius 1 is 0.970 bits per heavy atom. The van der Waals surface area contributed by atoms with Gasteiger partial charge in [-0.3, -0.25) is 19.6 Å². The first kappa shape index (κ1) is 20.8. The van der Waals surface area contributed by atoms with E-state index < -0.39 is 0 Å². The van der Waals surface area contributed by atoms with Crippen LogP contribution in [-0.4, -0.2) is 33.7 Å². The van der Waals surface area contributed by atoms with Gasteiger partial charge in [0.05, 0.1) is 0 Å². The maximum atomic E-state index is 12.8. The highest BCUT2D eigenvalue weighted by molar-refractivity contribution is 5.97. The minimum atomic E-state index is -0.0482. The molecule has 5 rings (SSSR count). The number of benzene rings is 2. The Hall–Kier alpha value is -4.06. The number of hydrogen-bond donors (Lipinski definition) is 1. The maximum absolute atomic E-state index is 12.8. The van der Waals surface area contributed by atoms with Gasteiger partial charge in [0.2, 0.25) is 5.91 Å². The van der Waals surface area contributed by atoms with Crippen molar-refractivity contribution in [3.05, 3.63) is 102 Å². The van der Waals surface area contributed by atoms with Crippen molar-refractivity contribution < 1.29 is 9.59 Å². The van der Waals surface area contributed by atoms with Crippen LogP contribution in [0.3, 0.4) is 0 Å². The highest BCUT2D eigenvalue weighted by atomic mass is 16.2. The van der Waals surface area contributed by atoms with Crippen LogP contribution in [0.2, 0.25) is 0 Å². The second-order valence-electron chi connectivity index (χ2n) is 8.52. The van der Waals surface area contributed by atoms with Gasteiger partial charge in [0.15, 0.2) is 0 Å². The number of amides is 2. The predicted octanol–water partition coefficient (Wildman–Crippen LogP) is 4.64. The molecule has 4 aromatic rings. The fourth-order valence-corrected chi connectivity index (χ4v) is 4.18. The summed E-state index contributed by atoms with van der Waals surface area (Å²) in [5.41, 5.74) is 3.51. The van der Waals surface area contributed by atoms with Crippen LogP contribution in [0.1, 0.15) is 33.8 Å². The topological polar surface area (TPSA) is 75.2 Å². The van der Waals surface area contributed by atoms with Gasteiger partial charge in [-0.2, -0.15) is 0 Å². The molecule has 6 heteroatoms. The molecule has 0 aliphatic heterocycles. The minimum absolute atomic E-state index is 0.0322. The van der Waals surface area contributed by atoms with Crippen molar-refractivity contribution in [1.82, 2.24) is 14.9 Å². The van der Waals surface area contributed by atoms with E-state index in [4.69, 9.17) is 0 Å². The van der Waals surface area contributed by atoms with Crippen LogP contribution >= 0.6 is 0 Å². The maximum Gasteiger partial charge on any atom is 0.253 e. The molecule has 1 N–H and O–H groups in total. The number of rotatable bonds is 6. The van der Waals surface area contributed by atoms with E-state index in [1.165, 1.54) is 0 Å². The summed E-state index contributed by atoms with van der Waals surface area (Å²) in [7, 11) is 1.79. The number of nitrogens with one attached hydrogen (secondary N) is 1. The molecule has 164 valence electrons. The molecule has 0 bridgehead atoms. The van der Waals surface area contributed by atoms with Crippen molar-refractivity contribution in [3.63, 3.8) is 0 Å². The van der Waals surface area contributed by atoms with Crippen molar-refractivity contribution in [2.45, 2.75) is 18.9 Å². The largest absolute Gasteiger partial charge is 0.337 e. The summed E-state index contributed by atoms with van der Waals surface area (Å²) in [4.78, 5) is 35.4. The molecule has 33 heavy (non-hydrogen) atoms. The molecule has 1 aliphatic rings. The fourth-order valence-electron chi connectivity index (χ4n) is 4.18. The molecule has 6 nitrogen and oxygen atoms in total. The molecule has 0 saturated heterocycles. The number of fused-ring (bicyclic) bond motifs is 1. The Kier molecular flexibility index (Phi) is 5.57. The van der Waals surface area contributed by atoms with Gasteiger partial charge in [0.25, 0.3) is 5.91 Å². The Labute approximate surface area is 192 Å². The number of nitrogens with zero attached hydrogens (tertiary/aromatic N) is 3. The van der Waals surface area contributed by atoms with Crippen molar-refractivity contribution in [1.29, 1.82) is 0 Å². The van der Waals surface area contributed by atoms with E-state index in [0.29, 0.717) is 12.1 Å². The molecule has 1 saturated carbocycles. The van der Waals surface area contributed by atoms with E-state index in [-0.39, 0.29) is 23.7 Å². The van der Waals surface area contributed by atoms with E-state index in [9.17, 15) is 9.59 Å². The average molecular weight is 437 g/mol. The SMILES string of the molecule is CN(Cc1cccnc1)C(=O)c1ccc([C@@H]2C[C@H]2C(=O)Nc2ccc3cnccc3c2)cc1. The zero-order valence-electron chi connectivity index (χ0n) is 18.3. The van der Waals surface area contributed by atoms with Gasteiger partial charge in [0.1, 0.15) is 0 Å². The Morgan fingerprint density at radius 2 is 1.79 bits per heavy atom. The smallest absolute Gasteiger partial charge is 0.253 e. The van der Waals surface area contributed by atoms with Crippen LogP contribution in [0.5, 0.6) is 0 Å². The van der Waals surface area contributed by atoms with Crippen LogP contribution in [0.15, 0.2) is 85.5 Å². The van der Waals surface area contributed by atoms with Gasteiger partial charge in [-0.05, 0) is 65.3 Å². The molecule has 1 aliphatic carbocycles. The Bertz CT molecular complexity index is 1300. The lowest BCUT2D eigenvalue weighted by molar-refractivity contribution is -0.117. The molecule has 0 radical (unpaired) electrons. The molecular weight excluding hydrogens is 412 g/mol. The van der Waals surface area contributed by atoms with Crippen molar-refractivity contribution in [2.24, 2.45) is 5.92 Å². The van der Waals surface area contributed by atoms with E-state index in [1.54, 1.807) is 30.5 Å². The lowest BCUT2D eigenvalue weighted by Crippen LogP contribution is -2.26. The second kappa shape index (κ2) is 8.82. The summed E-state index contributed by atoms with van der Waals surface area (Å²) >= 11 is 0. The van der Waals surface area contributed by atoms with Crippen LogP contribution in [0.25, 0.3) is 10.8 Å². The molecule has 0 unspecified atom stereocenters. The third kappa shape index (κ3) is 4.60. The number of aromatic nitrogens is 2. The summed E-state index contributed by atoms with van der Waals surface area (Å²) < 4.78 is 0. The normalized spacial score (nSPS) is 16.9. The van der Waals surface area contributed by atoms with Crippen LogP contribution in [-0.2, 0) is 11.3 Å². The van der Waals surface area contributed by atoms with E-state index in [1.807, 2.05) is 66.9 Å². The molecular formula is C27H24N4O2. The second-order valence-corrected chi connectivity index (χ2v) is 8.52. The van der Waals surface area contributed by atoms with Gasteiger partial charge in [0, 0.05) is 60.9 Å². The summed E-state index contributed by atoms with van der Waals surface area (Å²) in [6.07, 6.45) is 7.85. The first-order valence-corrected chi connectivity index (χ1v) is 11.0. The number of anilines is 1. The standard InChI is InChI=1S/C27H24N4O2/c1-31(17-18-3-2-11-28-15-18)27(33)20-6-4-19(5-7-20)24-14-25(24)26(32)30-23-9-8-22-16-29-12-10-21(22)13-23/h2-13,15-16,24-25H,14,17H2,1H3,(H,30,32)/t24-,25+/m0/s1. The zero-order chi connectivity index (χ0) is 22.8. The Morgan fingerprint density at radius 3 is 2.58 bits per heavy atom. The summed E-state index contributed by atoms with van der Waals surface area (Å²) in [6.45, 7) is 0.505. The van der Waals surface area contributed by atoms with E-state index in [2.05, 4.69) is 15.3 Å². The Balaban J connectivity index is 1.19. The third-order valence-electron chi connectivity index (χ3n) is 6.11. The predicted molar refractivity (Wildman–Crippen MR) is 128 cm³/mol. The van der Waals surface area contributed by atoms with E-state index >= 15 is 0 Å². The number of carbonyl (C=O) groups excluding carboxylic acids is 2. The van der Waals surface area contributed by atoms with E-state index in [0.717, 1.165) is 34.0 Å². The third-order valence-corrected chi connectivity index (χ3v) is 6.11. The number of carbonyl (C=O) groups is 2. The molecule has 1 fully saturated rings.